The zero-order chi connectivity index (χ0) is 12.6. The molecule has 0 unspecified atom stereocenters. The van der Waals surface area contributed by atoms with Crippen molar-refractivity contribution in [2.24, 2.45) is 0 Å². The van der Waals surface area contributed by atoms with E-state index < -0.39 is 0 Å². The highest BCUT2D eigenvalue weighted by Gasteiger charge is 2.24. The third-order valence-electron chi connectivity index (χ3n) is 2.56. The fraction of sp³-hybridized carbons (Fsp3) is 0.250. The number of fused-ring (bicyclic) bond motifs is 1. The predicted octanol–water partition coefficient (Wildman–Crippen LogP) is 2.36. The molecule has 0 saturated heterocycles. The normalized spacial score (nSPS) is 10.5. The van der Waals surface area contributed by atoms with Crippen LogP contribution in [0.2, 0.25) is 0 Å². The van der Waals surface area contributed by atoms with Crippen LogP contribution in [0, 0.1) is 0 Å². The maximum absolute atomic E-state index is 11.5. The standard InChI is InChI=1S/C12H12O5/c1-6(13)8-9(14)12(16-3)11(15-2)7-4-5-17-10(7)8/h4-5,14H,1-3H3. The summed E-state index contributed by atoms with van der Waals surface area (Å²) in [5, 5.41) is 10.6. The number of ketones is 1. The van der Waals surface area contributed by atoms with Crippen molar-refractivity contribution in [2.75, 3.05) is 14.2 Å². The Bertz CT molecular complexity index is 582. The molecule has 0 radical (unpaired) electrons. The number of phenolic OH excluding ortho intramolecular Hbond substituents is 1. The van der Waals surface area contributed by atoms with Crippen molar-refractivity contribution in [1.82, 2.24) is 0 Å². The Labute approximate surface area is 97.6 Å². The van der Waals surface area contributed by atoms with Crippen LogP contribution >= 0.6 is 0 Å². The number of hydrogen-bond acceptors (Lipinski definition) is 5. The van der Waals surface area contributed by atoms with E-state index in [2.05, 4.69) is 0 Å². The first kappa shape index (κ1) is 11.3. The van der Waals surface area contributed by atoms with Crippen LogP contribution < -0.4 is 9.47 Å². The fourth-order valence-corrected chi connectivity index (χ4v) is 1.85. The Hall–Kier alpha value is -2.17. The minimum atomic E-state index is -0.302. The molecule has 1 heterocycles. The zero-order valence-electron chi connectivity index (χ0n) is 9.73. The molecule has 0 aliphatic carbocycles. The van der Waals surface area contributed by atoms with Crippen LogP contribution in [0.15, 0.2) is 16.7 Å². The van der Waals surface area contributed by atoms with Crippen molar-refractivity contribution in [2.45, 2.75) is 6.92 Å². The molecule has 0 aliphatic heterocycles. The molecular weight excluding hydrogens is 224 g/mol. The van der Waals surface area contributed by atoms with Crippen LogP contribution in [0.3, 0.4) is 0 Å². The Balaban J connectivity index is 2.96. The van der Waals surface area contributed by atoms with Gasteiger partial charge in [0.05, 0.1) is 25.9 Å². The molecule has 0 fully saturated rings. The van der Waals surface area contributed by atoms with Crippen LogP contribution in [0.4, 0.5) is 0 Å². The van der Waals surface area contributed by atoms with E-state index in [0.717, 1.165) is 0 Å². The Kier molecular flexibility index (Phi) is 2.67. The molecule has 2 rings (SSSR count). The van der Waals surface area contributed by atoms with Gasteiger partial charge in [-0.1, -0.05) is 0 Å². The van der Waals surface area contributed by atoms with E-state index in [-0.39, 0.29) is 22.8 Å². The van der Waals surface area contributed by atoms with Gasteiger partial charge in [-0.3, -0.25) is 4.79 Å². The summed E-state index contributed by atoms with van der Waals surface area (Å²) >= 11 is 0. The number of hydrogen-bond donors (Lipinski definition) is 1. The molecule has 5 heteroatoms. The lowest BCUT2D eigenvalue weighted by atomic mass is 10.1. The molecule has 0 bridgehead atoms. The highest BCUT2D eigenvalue weighted by molar-refractivity contribution is 6.10. The second-order valence-electron chi connectivity index (χ2n) is 3.51. The van der Waals surface area contributed by atoms with E-state index in [1.807, 2.05) is 0 Å². The van der Waals surface area contributed by atoms with Gasteiger partial charge in [0.1, 0.15) is 5.56 Å². The molecule has 0 aliphatic rings. The van der Waals surface area contributed by atoms with Crippen molar-refractivity contribution in [1.29, 1.82) is 0 Å². The van der Waals surface area contributed by atoms with E-state index in [4.69, 9.17) is 13.9 Å². The van der Waals surface area contributed by atoms with Crippen LogP contribution in [0.1, 0.15) is 17.3 Å². The Morgan fingerprint density at radius 3 is 2.47 bits per heavy atom. The highest BCUT2D eigenvalue weighted by atomic mass is 16.5. The number of benzene rings is 1. The van der Waals surface area contributed by atoms with Crippen LogP contribution in [0.25, 0.3) is 11.0 Å². The van der Waals surface area contributed by atoms with Gasteiger partial charge in [0, 0.05) is 0 Å². The average molecular weight is 236 g/mol. The summed E-state index contributed by atoms with van der Waals surface area (Å²) in [5.41, 5.74) is 0.398. The van der Waals surface area contributed by atoms with Crippen LogP contribution in [-0.2, 0) is 0 Å². The number of carbonyl (C=O) groups excluding carboxylic acids is 1. The maximum atomic E-state index is 11.5. The van der Waals surface area contributed by atoms with E-state index >= 15 is 0 Å². The number of carbonyl (C=O) groups is 1. The molecule has 1 aromatic heterocycles. The van der Waals surface area contributed by atoms with E-state index in [1.165, 1.54) is 27.4 Å². The van der Waals surface area contributed by atoms with Gasteiger partial charge < -0.3 is 19.0 Å². The lowest BCUT2D eigenvalue weighted by Gasteiger charge is -2.12. The number of ether oxygens (including phenoxy) is 2. The molecule has 0 saturated carbocycles. The molecule has 0 spiro atoms. The largest absolute Gasteiger partial charge is 0.504 e. The second kappa shape index (κ2) is 4.01. The Morgan fingerprint density at radius 2 is 1.94 bits per heavy atom. The molecule has 90 valence electrons. The number of Topliss-reactive ketones (excluding diaryl/α,β-unsaturated/α-hetero) is 1. The smallest absolute Gasteiger partial charge is 0.204 e. The van der Waals surface area contributed by atoms with Crippen molar-refractivity contribution >= 4 is 16.8 Å². The first-order valence-corrected chi connectivity index (χ1v) is 4.96. The predicted molar refractivity (Wildman–Crippen MR) is 61.0 cm³/mol. The van der Waals surface area contributed by atoms with Gasteiger partial charge in [0.25, 0.3) is 0 Å². The minimum absolute atomic E-state index is 0.0997. The lowest BCUT2D eigenvalue weighted by Crippen LogP contribution is -1.99. The quantitative estimate of drug-likeness (QED) is 0.828. The Morgan fingerprint density at radius 1 is 1.29 bits per heavy atom. The topological polar surface area (TPSA) is 68.9 Å². The molecule has 2 aromatic rings. The third kappa shape index (κ3) is 1.51. The third-order valence-corrected chi connectivity index (χ3v) is 2.56. The molecule has 17 heavy (non-hydrogen) atoms. The minimum Gasteiger partial charge on any atom is -0.504 e. The van der Waals surface area contributed by atoms with Gasteiger partial charge in [0.15, 0.2) is 22.9 Å². The van der Waals surface area contributed by atoms with E-state index in [1.54, 1.807) is 6.07 Å². The van der Waals surface area contributed by atoms with Crippen molar-refractivity contribution in [3.63, 3.8) is 0 Å². The van der Waals surface area contributed by atoms with Crippen molar-refractivity contribution < 1.29 is 23.8 Å². The van der Waals surface area contributed by atoms with E-state index in [9.17, 15) is 9.90 Å². The monoisotopic (exact) mass is 236 g/mol. The summed E-state index contributed by atoms with van der Waals surface area (Å²) in [7, 11) is 2.85. The number of methoxy groups -OCH3 is 2. The lowest BCUT2D eigenvalue weighted by molar-refractivity contribution is 0.101. The summed E-state index contributed by atoms with van der Waals surface area (Å²) in [5.74, 6) is -0.0898. The molecule has 5 nitrogen and oxygen atoms in total. The number of aromatic hydroxyl groups is 1. The van der Waals surface area contributed by atoms with Gasteiger partial charge >= 0.3 is 0 Å². The van der Waals surface area contributed by atoms with Gasteiger partial charge in [-0.15, -0.1) is 0 Å². The summed E-state index contributed by atoms with van der Waals surface area (Å²) < 4.78 is 15.5. The second-order valence-corrected chi connectivity index (χ2v) is 3.51. The number of rotatable bonds is 3. The first-order valence-electron chi connectivity index (χ1n) is 4.96. The molecule has 1 aromatic carbocycles. The maximum Gasteiger partial charge on any atom is 0.204 e. The number of phenols is 1. The zero-order valence-corrected chi connectivity index (χ0v) is 9.73. The summed E-state index contributed by atoms with van der Waals surface area (Å²) in [4.78, 5) is 11.5. The summed E-state index contributed by atoms with van der Waals surface area (Å²) in [6.45, 7) is 1.35. The van der Waals surface area contributed by atoms with Gasteiger partial charge in [-0.05, 0) is 13.0 Å². The van der Waals surface area contributed by atoms with E-state index in [0.29, 0.717) is 16.7 Å². The molecule has 1 N–H and O–H groups in total. The van der Waals surface area contributed by atoms with Gasteiger partial charge in [-0.2, -0.15) is 0 Å². The summed E-state index contributed by atoms with van der Waals surface area (Å²) in [6.07, 6.45) is 1.43. The van der Waals surface area contributed by atoms with Crippen LogP contribution in [0.5, 0.6) is 17.2 Å². The van der Waals surface area contributed by atoms with Crippen LogP contribution in [-0.4, -0.2) is 25.1 Å². The molecule has 0 amide bonds. The SMILES string of the molecule is COc1c(O)c(C(C)=O)c2occc2c1OC. The number of furan rings is 1. The van der Waals surface area contributed by atoms with Crippen molar-refractivity contribution in [3.05, 3.63) is 17.9 Å². The first-order chi connectivity index (χ1) is 8.11. The summed E-state index contributed by atoms with van der Waals surface area (Å²) in [6, 6.07) is 1.66. The van der Waals surface area contributed by atoms with Crippen molar-refractivity contribution in [3.8, 4) is 17.2 Å². The van der Waals surface area contributed by atoms with Gasteiger partial charge in [0.2, 0.25) is 5.75 Å². The molecular formula is C12H12O5. The van der Waals surface area contributed by atoms with Gasteiger partial charge in [-0.25, -0.2) is 0 Å². The molecule has 0 atom stereocenters. The fourth-order valence-electron chi connectivity index (χ4n) is 1.85. The average Bonchev–Trinajstić information content (AvgIpc) is 2.74. The highest BCUT2D eigenvalue weighted by Crippen LogP contribution is 2.46.